The zero-order valence-corrected chi connectivity index (χ0v) is 13.6. The normalized spacial score (nSPS) is 10.5. The van der Waals surface area contributed by atoms with Crippen molar-refractivity contribution in [3.63, 3.8) is 0 Å². The van der Waals surface area contributed by atoms with Crippen LogP contribution in [0.15, 0.2) is 65.1 Å². The highest BCUT2D eigenvalue weighted by atomic mass is 79.9. The molecule has 0 saturated heterocycles. The highest BCUT2D eigenvalue weighted by Gasteiger charge is 2.03. The third-order valence-electron chi connectivity index (χ3n) is 3.16. The largest absolute Gasteiger partial charge is 0.343 e. The predicted octanol–water partition coefficient (Wildman–Crippen LogP) is 5.16. The zero-order valence-electron chi connectivity index (χ0n) is 11.2. The van der Waals surface area contributed by atoms with Crippen LogP contribution in [-0.4, -0.2) is 9.97 Å². The Morgan fingerprint density at radius 3 is 2.43 bits per heavy atom. The number of nitrogens with zero attached hydrogens (tertiary/aromatic N) is 1. The molecule has 0 amide bonds. The van der Waals surface area contributed by atoms with Gasteiger partial charge in [-0.15, -0.1) is 0 Å². The summed E-state index contributed by atoms with van der Waals surface area (Å²) in [5.41, 5.74) is 3.31. The first-order valence-corrected chi connectivity index (χ1v) is 7.81. The molecule has 0 spiro atoms. The van der Waals surface area contributed by atoms with Gasteiger partial charge in [0.05, 0.1) is 0 Å². The summed E-state index contributed by atoms with van der Waals surface area (Å²) < 4.78 is 1.69. The van der Waals surface area contributed by atoms with E-state index in [1.165, 1.54) is 5.56 Å². The molecule has 3 rings (SSSR count). The van der Waals surface area contributed by atoms with Gasteiger partial charge in [-0.2, -0.15) is 0 Å². The molecule has 1 N–H and O–H groups in total. The Balaban J connectivity index is 1.95. The van der Waals surface area contributed by atoms with Crippen molar-refractivity contribution >= 4 is 28.1 Å². The van der Waals surface area contributed by atoms with Crippen LogP contribution in [0.25, 0.3) is 11.3 Å². The minimum Gasteiger partial charge on any atom is -0.343 e. The van der Waals surface area contributed by atoms with Crippen LogP contribution in [-0.2, 0) is 6.42 Å². The molecular formula is C17H13BrN2S. The molecule has 0 fully saturated rings. The van der Waals surface area contributed by atoms with Crippen molar-refractivity contribution in [3.05, 3.63) is 81.2 Å². The van der Waals surface area contributed by atoms with Gasteiger partial charge in [-0.05, 0) is 29.3 Å². The van der Waals surface area contributed by atoms with Crippen molar-refractivity contribution in [2.45, 2.75) is 6.42 Å². The van der Waals surface area contributed by atoms with Gasteiger partial charge in [0, 0.05) is 16.6 Å². The summed E-state index contributed by atoms with van der Waals surface area (Å²) in [4.78, 5) is 7.80. The molecule has 0 aliphatic heterocycles. The Bertz CT molecular complexity index is 795. The van der Waals surface area contributed by atoms with E-state index in [-0.39, 0.29) is 0 Å². The Kier molecular flexibility index (Phi) is 4.27. The molecule has 2 nitrogen and oxygen atoms in total. The quantitative estimate of drug-likeness (QED) is 0.656. The molecule has 1 heterocycles. The lowest BCUT2D eigenvalue weighted by Crippen LogP contribution is -1.98. The molecule has 1 aromatic heterocycles. The van der Waals surface area contributed by atoms with Gasteiger partial charge in [-0.1, -0.05) is 70.6 Å². The minimum absolute atomic E-state index is 0.611. The molecule has 0 bridgehead atoms. The van der Waals surface area contributed by atoms with E-state index in [2.05, 4.69) is 50.2 Å². The van der Waals surface area contributed by atoms with E-state index < -0.39 is 0 Å². The van der Waals surface area contributed by atoms with Crippen LogP contribution in [0.2, 0.25) is 0 Å². The first-order chi connectivity index (χ1) is 10.2. The predicted molar refractivity (Wildman–Crippen MR) is 91.8 cm³/mol. The van der Waals surface area contributed by atoms with E-state index >= 15 is 0 Å². The summed E-state index contributed by atoms with van der Waals surface area (Å²) in [5.74, 6) is 0.878. The molecule has 3 aromatic rings. The topological polar surface area (TPSA) is 28.7 Å². The fourth-order valence-electron chi connectivity index (χ4n) is 2.16. The Hall–Kier alpha value is -1.78. The second-order valence-electron chi connectivity index (χ2n) is 4.75. The molecule has 0 unspecified atom stereocenters. The van der Waals surface area contributed by atoms with Crippen LogP contribution in [0.5, 0.6) is 0 Å². The van der Waals surface area contributed by atoms with Crippen LogP contribution < -0.4 is 0 Å². The maximum Gasteiger partial charge on any atom is 0.130 e. The molecule has 104 valence electrons. The van der Waals surface area contributed by atoms with E-state index in [1.807, 2.05) is 36.4 Å². The van der Waals surface area contributed by atoms with E-state index in [0.717, 1.165) is 28.0 Å². The average Bonchev–Trinajstić information content (AvgIpc) is 2.50. The molecule has 0 aliphatic carbocycles. The fraction of sp³-hybridized carbons (Fsp3) is 0.0588. The van der Waals surface area contributed by atoms with Crippen LogP contribution in [0, 0.1) is 4.64 Å². The fourth-order valence-corrected chi connectivity index (χ4v) is 2.65. The summed E-state index contributed by atoms with van der Waals surface area (Å²) in [6, 6.07) is 20.3. The van der Waals surface area contributed by atoms with Crippen LogP contribution in [0.3, 0.4) is 0 Å². The summed E-state index contributed by atoms with van der Waals surface area (Å²) in [6.07, 6.45) is 0.734. The van der Waals surface area contributed by atoms with Crippen molar-refractivity contribution < 1.29 is 0 Å². The Labute approximate surface area is 137 Å². The lowest BCUT2D eigenvalue weighted by atomic mass is 10.1. The monoisotopic (exact) mass is 356 g/mol. The zero-order chi connectivity index (χ0) is 14.7. The van der Waals surface area contributed by atoms with Gasteiger partial charge < -0.3 is 4.98 Å². The summed E-state index contributed by atoms with van der Waals surface area (Å²) in [5, 5.41) is 0. The van der Waals surface area contributed by atoms with Gasteiger partial charge in [0.1, 0.15) is 10.5 Å². The van der Waals surface area contributed by atoms with Crippen molar-refractivity contribution in [2.75, 3.05) is 0 Å². The van der Waals surface area contributed by atoms with Crippen LogP contribution in [0.4, 0.5) is 0 Å². The number of benzene rings is 2. The van der Waals surface area contributed by atoms with Gasteiger partial charge in [0.25, 0.3) is 0 Å². The van der Waals surface area contributed by atoms with Gasteiger partial charge in [0.15, 0.2) is 0 Å². The highest BCUT2D eigenvalue weighted by Crippen LogP contribution is 2.18. The number of nitrogens with one attached hydrogen (secondary N) is 1. The maximum atomic E-state index is 5.29. The maximum absolute atomic E-state index is 5.29. The van der Waals surface area contributed by atoms with Crippen LogP contribution >= 0.6 is 28.1 Å². The number of rotatable bonds is 3. The summed E-state index contributed by atoms with van der Waals surface area (Å²) in [7, 11) is 0. The number of aromatic amines is 1. The second kappa shape index (κ2) is 6.33. The first kappa shape index (κ1) is 14.2. The van der Waals surface area contributed by atoms with Gasteiger partial charge in [-0.3, -0.25) is 0 Å². The standard InChI is InChI=1S/C17H13BrN2S/c18-14-8-6-12(7-9-14)10-16-19-15(11-17(21)20-16)13-4-2-1-3-5-13/h1-9,11H,10H2,(H,19,20,21). The molecule has 0 saturated carbocycles. The summed E-state index contributed by atoms with van der Waals surface area (Å²) >= 11 is 8.73. The van der Waals surface area contributed by atoms with E-state index in [4.69, 9.17) is 12.2 Å². The van der Waals surface area contributed by atoms with Gasteiger partial charge in [-0.25, -0.2) is 4.98 Å². The SMILES string of the molecule is S=c1cc(-c2ccccc2)[nH]c(Cc2ccc(Br)cc2)n1. The van der Waals surface area contributed by atoms with Crippen molar-refractivity contribution in [3.8, 4) is 11.3 Å². The van der Waals surface area contributed by atoms with Crippen molar-refractivity contribution in [1.82, 2.24) is 9.97 Å². The lowest BCUT2D eigenvalue weighted by Gasteiger charge is -2.06. The Morgan fingerprint density at radius 2 is 1.71 bits per heavy atom. The highest BCUT2D eigenvalue weighted by molar-refractivity contribution is 9.10. The number of aromatic nitrogens is 2. The first-order valence-electron chi connectivity index (χ1n) is 6.61. The molecule has 2 aromatic carbocycles. The number of H-pyrrole nitrogens is 1. The summed E-state index contributed by atoms with van der Waals surface area (Å²) in [6.45, 7) is 0. The molecule has 0 atom stereocenters. The molecule has 0 radical (unpaired) electrons. The lowest BCUT2D eigenvalue weighted by molar-refractivity contribution is 0.964. The third kappa shape index (κ3) is 3.65. The van der Waals surface area contributed by atoms with Gasteiger partial charge in [0.2, 0.25) is 0 Å². The molecule has 0 aliphatic rings. The van der Waals surface area contributed by atoms with Gasteiger partial charge >= 0.3 is 0 Å². The van der Waals surface area contributed by atoms with Crippen molar-refractivity contribution in [2.24, 2.45) is 0 Å². The molecular weight excluding hydrogens is 344 g/mol. The van der Waals surface area contributed by atoms with Crippen molar-refractivity contribution in [1.29, 1.82) is 0 Å². The smallest absolute Gasteiger partial charge is 0.130 e. The van der Waals surface area contributed by atoms with E-state index in [0.29, 0.717) is 4.64 Å². The van der Waals surface area contributed by atoms with Crippen LogP contribution in [0.1, 0.15) is 11.4 Å². The average molecular weight is 357 g/mol. The number of halogens is 1. The van der Waals surface area contributed by atoms with E-state index in [9.17, 15) is 0 Å². The molecule has 21 heavy (non-hydrogen) atoms. The third-order valence-corrected chi connectivity index (χ3v) is 3.90. The second-order valence-corrected chi connectivity index (χ2v) is 6.08. The molecule has 4 heteroatoms. The number of hydrogen-bond acceptors (Lipinski definition) is 2. The van der Waals surface area contributed by atoms with E-state index in [1.54, 1.807) is 0 Å². The Morgan fingerprint density at radius 1 is 1.00 bits per heavy atom. The number of hydrogen-bond donors (Lipinski definition) is 1. The minimum atomic E-state index is 0.611.